The molecule has 0 aliphatic carbocycles. The standard InChI is InChI=1S/C17H18BrNO5/c1-10-13(17(21)22)8-12(23-10)9-19(3)16(20)11(2)24-15-7-5-4-6-14(15)18/h4-8,11H,9H2,1-3H3,(H,21,22). The van der Waals surface area contributed by atoms with Gasteiger partial charge in [-0.1, -0.05) is 12.1 Å². The largest absolute Gasteiger partial charge is 0.480 e. The number of hydrogen-bond donors (Lipinski definition) is 1. The first-order chi connectivity index (χ1) is 11.3. The number of ether oxygens (including phenoxy) is 1. The molecular formula is C17H18BrNO5. The minimum absolute atomic E-state index is 0.100. The highest BCUT2D eigenvalue weighted by atomic mass is 79.9. The quantitative estimate of drug-likeness (QED) is 0.809. The zero-order valence-corrected chi connectivity index (χ0v) is 15.2. The molecule has 24 heavy (non-hydrogen) atoms. The van der Waals surface area contributed by atoms with Crippen molar-refractivity contribution in [1.82, 2.24) is 4.90 Å². The molecule has 0 bridgehead atoms. The lowest BCUT2D eigenvalue weighted by atomic mass is 10.2. The number of carbonyl (C=O) groups is 2. The number of amides is 1. The molecule has 1 aromatic heterocycles. The molecule has 1 amide bonds. The summed E-state index contributed by atoms with van der Waals surface area (Å²) in [5.74, 6) is 0.0113. The summed E-state index contributed by atoms with van der Waals surface area (Å²) in [5.41, 5.74) is 0.100. The van der Waals surface area contributed by atoms with Gasteiger partial charge in [-0.3, -0.25) is 4.79 Å². The number of furan rings is 1. The Morgan fingerprint density at radius 1 is 1.38 bits per heavy atom. The Balaban J connectivity index is 2.02. The summed E-state index contributed by atoms with van der Waals surface area (Å²) in [6.07, 6.45) is -0.691. The third-order valence-corrected chi connectivity index (χ3v) is 4.11. The minimum atomic E-state index is -1.05. The fourth-order valence-electron chi connectivity index (χ4n) is 2.24. The number of aromatic carboxylic acids is 1. The summed E-state index contributed by atoms with van der Waals surface area (Å²) in [6, 6.07) is 8.70. The van der Waals surface area contributed by atoms with E-state index in [1.807, 2.05) is 18.2 Å². The minimum Gasteiger partial charge on any atom is -0.480 e. The van der Waals surface area contributed by atoms with E-state index in [1.165, 1.54) is 11.0 Å². The van der Waals surface area contributed by atoms with Crippen LogP contribution >= 0.6 is 15.9 Å². The van der Waals surface area contributed by atoms with E-state index in [9.17, 15) is 9.59 Å². The van der Waals surface area contributed by atoms with E-state index < -0.39 is 12.1 Å². The van der Waals surface area contributed by atoms with Gasteiger partial charge < -0.3 is 19.2 Å². The van der Waals surface area contributed by atoms with E-state index in [-0.39, 0.29) is 18.0 Å². The van der Waals surface area contributed by atoms with Gasteiger partial charge >= 0.3 is 5.97 Å². The van der Waals surface area contributed by atoms with Crippen LogP contribution in [-0.4, -0.2) is 35.0 Å². The first-order valence-corrected chi connectivity index (χ1v) is 8.07. The average Bonchev–Trinajstić information content (AvgIpc) is 2.89. The molecule has 0 radical (unpaired) electrons. The van der Waals surface area contributed by atoms with Crippen LogP contribution < -0.4 is 4.74 Å². The third-order valence-electron chi connectivity index (χ3n) is 3.46. The van der Waals surface area contributed by atoms with E-state index in [4.69, 9.17) is 14.3 Å². The maximum absolute atomic E-state index is 12.4. The van der Waals surface area contributed by atoms with Crippen molar-refractivity contribution < 1.29 is 23.8 Å². The van der Waals surface area contributed by atoms with Crippen molar-refractivity contribution in [3.63, 3.8) is 0 Å². The number of nitrogens with zero attached hydrogens (tertiary/aromatic N) is 1. The first kappa shape index (κ1) is 18.1. The lowest BCUT2D eigenvalue weighted by Gasteiger charge is -2.21. The molecule has 2 rings (SSSR count). The van der Waals surface area contributed by atoms with Gasteiger partial charge in [-0.25, -0.2) is 4.79 Å². The molecule has 0 saturated carbocycles. The molecule has 6 nitrogen and oxygen atoms in total. The number of hydrogen-bond acceptors (Lipinski definition) is 4. The Hall–Kier alpha value is -2.28. The molecule has 1 N–H and O–H groups in total. The van der Waals surface area contributed by atoms with Gasteiger partial charge in [0.15, 0.2) is 6.10 Å². The molecule has 128 valence electrons. The van der Waals surface area contributed by atoms with Crippen LogP contribution in [0.2, 0.25) is 0 Å². The molecular weight excluding hydrogens is 378 g/mol. The van der Waals surface area contributed by atoms with Crippen molar-refractivity contribution >= 4 is 27.8 Å². The Kier molecular flexibility index (Phi) is 5.66. The SMILES string of the molecule is Cc1oc(CN(C)C(=O)C(C)Oc2ccccc2Br)cc1C(=O)O. The van der Waals surface area contributed by atoms with Crippen molar-refractivity contribution in [2.75, 3.05) is 7.05 Å². The van der Waals surface area contributed by atoms with Crippen LogP contribution in [0.3, 0.4) is 0 Å². The second-order valence-electron chi connectivity index (χ2n) is 5.37. The fourth-order valence-corrected chi connectivity index (χ4v) is 2.62. The third kappa shape index (κ3) is 4.17. The summed E-state index contributed by atoms with van der Waals surface area (Å²) < 4.78 is 11.8. The normalized spacial score (nSPS) is 11.8. The van der Waals surface area contributed by atoms with Crippen LogP contribution in [0.25, 0.3) is 0 Å². The van der Waals surface area contributed by atoms with Gasteiger partial charge in [-0.2, -0.15) is 0 Å². The van der Waals surface area contributed by atoms with Crippen molar-refractivity contribution in [2.24, 2.45) is 0 Å². The van der Waals surface area contributed by atoms with Gasteiger partial charge in [0.1, 0.15) is 22.8 Å². The van der Waals surface area contributed by atoms with Crippen LogP contribution in [0.1, 0.15) is 28.8 Å². The highest BCUT2D eigenvalue weighted by molar-refractivity contribution is 9.10. The molecule has 1 unspecified atom stereocenters. The monoisotopic (exact) mass is 395 g/mol. The number of benzene rings is 1. The predicted molar refractivity (Wildman–Crippen MR) is 91.1 cm³/mol. The average molecular weight is 396 g/mol. The summed E-state index contributed by atoms with van der Waals surface area (Å²) in [4.78, 5) is 24.9. The van der Waals surface area contributed by atoms with Crippen LogP contribution in [0, 0.1) is 6.92 Å². The number of rotatable bonds is 6. The molecule has 0 saturated heterocycles. The van der Waals surface area contributed by atoms with E-state index in [0.717, 1.165) is 4.47 Å². The van der Waals surface area contributed by atoms with Gasteiger partial charge in [-0.15, -0.1) is 0 Å². The maximum Gasteiger partial charge on any atom is 0.339 e. The zero-order chi connectivity index (χ0) is 17.9. The topological polar surface area (TPSA) is 80.0 Å². The van der Waals surface area contributed by atoms with E-state index in [2.05, 4.69) is 15.9 Å². The molecule has 0 fully saturated rings. The van der Waals surface area contributed by atoms with Gasteiger partial charge in [0, 0.05) is 7.05 Å². The molecule has 2 aromatic rings. The summed E-state index contributed by atoms with van der Waals surface area (Å²) >= 11 is 3.37. The zero-order valence-electron chi connectivity index (χ0n) is 13.6. The second-order valence-corrected chi connectivity index (χ2v) is 6.23. The number of halogens is 1. The molecule has 7 heteroatoms. The lowest BCUT2D eigenvalue weighted by Crippen LogP contribution is -2.37. The van der Waals surface area contributed by atoms with E-state index in [0.29, 0.717) is 17.3 Å². The number of carboxylic acid groups (broad SMARTS) is 1. The molecule has 0 aliphatic heterocycles. The van der Waals surface area contributed by atoms with Crippen LogP contribution in [0.5, 0.6) is 5.75 Å². The molecule has 0 spiro atoms. The Bertz CT molecular complexity index is 755. The number of aryl methyl sites for hydroxylation is 1. The summed E-state index contributed by atoms with van der Waals surface area (Å²) in [7, 11) is 1.61. The Morgan fingerprint density at radius 2 is 2.04 bits per heavy atom. The molecule has 1 aromatic carbocycles. The first-order valence-electron chi connectivity index (χ1n) is 7.28. The number of para-hydroxylation sites is 1. The van der Waals surface area contributed by atoms with E-state index >= 15 is 0 Å². The highest BCUT2D eigenvalue weighted by Gasteiger charge is 2.22. The fraction of sp³-hybridized carbons (Fsp3) is 0.294. The predicted octanol–water partition coefficient (Wildman–Crippen LogP) is 3.47. The lowest BCUT2D eigenvalue weighted by molar-refractivity contribution is -0.137. The van der Waals surface area contributed by atoms with Gasteiger partial charge in [-0.05, 0) is 48.0 Å². The van der Waals surface area contributed by atoms with Crippen LogP contribution in [0.15, 0.2) is 39.2 Å². The van der Waals surface area contributed by atoms with Gasteiger partial charge in [0.25, 0.3) is 5.91 Å². The van der Waals surface area contributed by atoms with Gasteiger partial charge in [0.05, 0.1) is 11.0 Å². The molecule has 1 heterocycles. The second kappa shape index (κ2) is 7.53. The van der Waals surface area contributed by atoms with Crippen molar-refractivity contribution in [3.8, 4) is 5.75 Å². The highest BCUT2D eigenvalue weighted by Crippen LogP contribution is 2.25. The smallest absolute Gasteiger partial charge is 0.339 e. The van der Waals surface area contributed by atoms with Gasteiger partial charge in [0.2, 0.25) is 0 Å². The molecule has 0 aliphatic rings. The number of carbonyl (C=O) groups excluding carboxylic acids is 1. The number of carboxylic acids is 1. The van der Waals surface area contributed by atoms with E-state index in [1.54, 1.807) is 27.0 Å². The van der Waals surface area contributed by atoms with Crippen molar-refractivity contribution in [3.05, 3.63) is 51.9 Å². The summed E-state index contributed by atoms with van der Waals surface area (Å²) in [6.45, 7) is 3.40. The Morgan fingerprint density at radius 3 is 2.62 bits per heavy atom. The molecule has 1 atom stereocenters. The summed E-state index contributed by atoms with van der Waals surface area (Å²) in [5, 5.41) is 9.04. The maximum atomic E-state index is 12.4. The van der Waals surface area contributed by atoms with Crippen molar-refractivity contribution in [2.45, 2.75) is 26.5 Å². The Labute approximate surface area is 148 Å². The number of likely N-dealkylation sites (N-methyl/N-ethyl adjacent to an activating group) is 1. The van der Waals surface area contributed by atoms with Crippen molar-refractivity contribution in [1.29, 1.82) is 0 Å². The van der Waals surface area contributed by atoms with Crippen LogP contribution in [-0.2, 0) is 11.3 Å². The van der Waals surface area contributed by atoms with Crippen LogP contribution in [0.4, 0.5) is 0 Å².